The van der Waals surface area contributed by atoms with Gasteiger partial charge in [0.25, 0.3) is 17.7 Å². The Balaban J connectivity index is 1.57. The van der Waals surface area contributed by atoms with E-state index in [-0.39, 0.29) is 17.7 Å². The van der Waals surface area contributed by atoms with Crippen LogP contribution in [-0.2, 0) is 20.9 Å². The van der Waals surface area contributed by atoms with E-state index in [0.29, 0.717) is 5.56 Å². The predicted molar refractivity (Wildman–Crippen MR) is 100 cm³/mol. The summed E-state index contributed by atoms with van der Waals surface area (Å²) in [6.07, 6.45) is 0. The molecular weight excluding hydrogens is 379 g/mol. The number of fused-ring (bicyclic) bond motifs is 1. The van der Waals surface area contributed by atoms with Crippen molar-refractivity contribution in [1.82, 2.24) is 9.80 Å². The zero-order chi connectivity index (χ0) is 21.1. The van der Waals surface area contributed by atoms with Gasteiger partial charge in [0, 0.05) is 13.6 Å². The van der Waals surface area contributed by atoms with Crippen molar-refractivity contribution in [3.8, 4) is 0 Å². The number of carbonyl (C=O) groups excluding carboxylic acids is 4. The van der Waals surface area contributed by atoms with Gasteiger partial charge in [-0.15, -0.1) is 0 Å². The number of imide groups is 1. The van der Waals surface area contributed by atoms with Crippen LogP contribution in [0.1, 0.15) is 33.2 Å². The number of benzene rings is 2. The number of carbonyl (C=O) groups is 4. The first kappa shape index (κ1) is 20.2. The zero-order valence-corrected chi connectivity index (χ0v) is 15.9. The van der Waals surface area contributed by atoms with Crippen LogP contribution < -0.4 is 0 Å². The SMILES string of the molecule is C[C@@H](C(=O)OCC(=O)N(C)Cc1cccc(F)c1)N1C(=O)c2ccccc2C1=O. The molecule has 0 spiro atoms. The maximum Gasteiger partial charge on any atom is 0.329 e. The minimum absolute atomic E-state index is 0.141. The first-order chi connectivity index (χ1) is 13.8. The smallest absolute Gasteiger partial charge is 0.329 e. The normalized spacial score (nSPS) is 13.8. The van der Waals surface area contributed by atoms with E-state index < -0.39 is 42.2 Å². The molecule has 0 bridgehead atoms. The van der Waals surface area contributed by atoms with Gasteiger partial charge in [0.1, 0.15) is 11.9 Å². The molecule has 0 aromatic heterocycles. The van der Waals surface area contributed by atoms with Gasteiger partial charge in [-0.2, -0.15) is 0 Å². The van der Waals surface area contributed by atoms with Crippen LogP contribution in [0, 0.1) is 5.82 Å². The summed E-state index contributed by atoms with van der Waals surface area (Å²) in [5.74, 6) is -2.94. The van der Waals surface area contributed by atoms with Crippen molar-refractivity contribution in [2.75, 3.05) is 13.7 Å². The lowest BCUT2D eigenvalue weighted by Crippen LogP contribution is -2.44. The van der Waals surface area contributed by atoms with Gasteiger partial charge in [-0.3, -0.25) is 19.3 Å². The summed E-state index contributed by atoms with van der Waals surface area (Å²) in [5, 5.41) is 0. The highest BCUT2D eigenvalue weighted by molar-refractivity contribution is 6.22. The zero-order valence-electron chi connectivity index (χ0n) is 15.9. The summed E-state index contributed by atoms with van der Waals surface area (Å²) in [7, 11) is 1.49. The fourth-order valence-electron chi connectivity index (χ4n) is 3.03. The molecule has 0 N–H and O–H groups in total. The second kappa shape index (κ2) is 8.22. The van der Waals surface area contributed by atoms with Crippen molar-refractivity contribution in [3.05, 3.63) is 71.0 Å². The van der Waals surface area contributed by atoms with Crippen LogP contribution in [-0.4, -0.2) is 53.2 Å². The van der Waals surface area contributed by atoms with Crippen LogP contribution in [0.3, 0.4) is 0 Å². The Hall–Kier alpha value is -3.55. The summed E-state index contributed by atoms with van der Waals surface area (Å²) >= 11 is 0. The minimum atomic E-state index is -1.18. The quantitative estimate of drug-likeness (QED) is 0.549. The molecular formula is C21H19FN2O5. The van der Waals surface area contributed by atoms with E-state index in [1.807, 2.05) is 0 Å². The molecule has 2 aromatic rings. The first-order valence-corrected chi connectivity index (χ1v) is 8.91. The molecule has 1 aliphatic heterocycles. The summed E-state index contributed by atoms with van der Waals surface area (Å²) < 4.78 is 18.2. The van der Waals surface area contributed by atoms with E-state index in [1.54, 1.807) is 18.2 Å². The van der Waals surface area contributed by atoms with Gasteiger partial charge in [0.15, 0.2) is 6.61 Å². The molecule has 1 atom stereocenters. The molecule has 1 aliphatic rings. The maximum atomic E-state index is 13.2. The largest absolute Gasteiger partial charge is 0.454 e. The Morgan fingerprint density at radius 1 is 1.07 bits per heavy atom. The standard InChI is InChI=1S/C21H19FN2O5/c1-13(24-19(26)16-8-3-4-9-17(16)20(24)27)21(28)29-12-18(25)23(2)11-14-6-5-7-15(22)10-14/h3-10,13H,11-12H2,1-2H3/t13-/m0/s1. The average Bonchev–Trinajstić information content (AvgIpc) is 2.96. The van der Waals surface area contributed by atoms with Crippen LogP contribution in [0.2, 0.25) is 0 Å². The van der Waals surface area contributed by atoms with Crippen molar-refractivity contribution in [2.24, 2.45) is 0 Å². The number of hydrogen-bond donors (Lipinski definition) is 0. The predicted octanol–water partition coefficient (Wildman–Crippen LogP) is 2.01. The Morgan fingerprint density at radius 2 is 1.69 bits per heavy atom. The number of ether oxygens (including phenoxy) is 1. The van der Waals surface area contributed by atoms with Gasteiger partial charge >= 0.3 is 5.97 Å². The molecule has 0 fully saturated rings. The topological polar surface area (TPSA) is 84.0 Å². The molecule has 7 nitrogen and oxygen atoms in total. The third-order valence-electron chi connectivity index (χ3n) is 4.63. The van der Waals surface area contributed by atoms with Crippen molar-refractivity contribution < 1.29 is 28.3 Å². The molecule has 3 rings (SSSR count). The van der Waals surface area contributed by atoms with E-state index in [0.717, 1.165) is 4.90 Å². The number of amides is 3. The summed E-state index contributed by atoms with van der Waals surface area (Å²) in [5.41, 5.74) is 1.04. The fourth-order valence-corrected chi connectivity index (χ4v) is 3.03. The number of likely N-dealkylation sites (N-methyl/N-ethyl adjacent to an activating group) is 1. The lowest BCUT2D eigenvalue weighted by Gasteiger charge is -2.22. The van der Waals surface area contributed by atoms with Crippen LogP contribution in [0.4, 0.5) is 4.39 Å². The number of esters is 1. The highest BCUT2D eigenvalue weighted by Gasteiger charge is 2.41. The van der Waals surface area contributed by atoms with E-state index in [1.165, 1.54) is 49.2 Å². The van der Waals surface area contributed by atoms with Crippen molar-refractivity contribution in [2.45, 2.75) is 19.5 Å². The van der Waals surface area contributed by atoms with Gasteiger partial charge in [-0.1, -0.05) is 24.3 Å². The molecule has 29 heavy (non-hydrogen) atoms. The van der Waals surface area contributed by atoms with E-state index in [9.17, 15) is 23.6 Å². The second-order valence-corrected chi connectivity index (χ2v) is 6.69. The molecule has 3 amide bonds. The molecule has 1 heterocycles. The average molecular weight is 398 g/mol. The van der Waals surface area contributed by atoms with Crippen LogP contribution in [0.5, 0.6) is 0 Å². The molecule has 0 radical (unpaired) electrons. The Morgan fingerprint density at radius 3 is 2.28 bits per heavy atom. The Bertz CT molecular complexity index is 956. The molecule has 0 aliphatic carbocycles. The molecule has 0 saturated carbocycles. The summed E-state index contributed by atoms with van der Waals surface area (Å²) in [6.45, 7) is 0.950. The lowest BCUT2D eigenvalue weighted by atomic mass is 10.1. The van der Waals surface area contributed by atoms with E-state index >= 15 is 0 Å². The Kier molecular flexibility index (Phi) is 5.72. The molecule has 0 saturated heterocycles. The molecule has 2 aromatic carbocycles. The monoisotopic (exact) mass is 398 g/mol. The highest BCUT2D eigenvalue weighted by atomic mass is 19.1. The second-order valence-electron chi connectivity index (χ2n) is 6.69. The maximum absolute atomic E-state index is 13.2. The van der Waals surface area contributed by atoms with Gasteiger partial charge in [0.05, 0.1) is 11.1 Å². The molecule has 150 valence electrons. The van der Waals surface area contributed by atoms with Gasteiger partial charge < -0.3 is 9.64 Å². The van der Waals surface area contributed by atoms with Crippen LogP contribution in [0.25, 0.3) is 0 Å². The first-order valence-electron chi connectivity index (χ1n) is 8.91. The number of rotatable bonds is 6. The fraction of sp³-hybridized carbons (Fsp3) is 0.238. The number of hydrogen-bond acceptors (Lipinski definition) is 5. The lowest BCUT2D eigenvalue weighted by molar-refractivity contribution is -0.154. The Labute approximate surface area is 166 Å². The van der Waals surface area contributed by atoms with Crippen LogP contribution in [0.15, 0.2) is 48.5 Å². The number of halogens is 1. The number of nitrogens with zero attached hydrogens (tertiary/aromatic N) is 2. The van der Waals surface area contributed by atoms with Crippen molar-refractivity contribution in [3.63, 3.8) is 0 Å². The van der Waals surface area contributed by atoms with Gasteiger partial charge in [-0.05, 0) is 36.8 Å². The summed E-state index contributed by atoms with van der Waals surface area (Å²) in [4.78, 5) is 51.5. The van der Waals surface area contributed by atoms with E-state index in [4.69, 9.17) is 4.74 Å². The van der Waals surface area contributed by atoms with Crippen molar-refractivity contribution in [1.29, 1.82) is 0 Å². The van der Waals surface area contributed by atoms with Gasteiger partial charge in [0.2, 0.25) is 0 Å². The highest BCUT2D eigenvalue weighted by Crippen LogP contribution is 2.24. The van der Waals surface area contributed by atoms with Crippen LogP contribution >= 0.6 is 0 Å². The van der Waals surface area contributed by atoms with Crippen molar-refractivity contribution >= 4 is 23.7 Å². The third kappa shape index (κ3) is 4.16. The third-order valence-corrected chi connectivity index (χ3v) is 4.63. The minimum Gasteiger partial charge on any atom is -0.454 e. The molecule has 0 unspecified atom stereocenters. The van der Waals surface area contributed by atoms with E-state index in [2.05, 4.69) is 0 Å². The molecule has 8 heteroatoms. The van der Waals surface area contributed by atoms with Gasteiger partial charge in [-0.25, -0.2) is 9.18 Å². The summed E-state index contributed by atoms with van der Waals surface area (Å²) in [6, 6.07) is 10.9.